The molecule has 5 nitrogen and oxygen atoms in total. The molecule has 2 aromatic rings. The van der Waals surface area contributed by atoms with Gasteiger partial charge >= 0.3 is 0 Å². The van der Waals surface area contributed by atoms with E-state index in [9.17, 15) is 9.59 Å². The number of hydrogen-bond acceptors (Lipinski definition) is 4. The summed E-state index contributed by atoms with van der Waals surface area (Å²) in [6, 6.07) is 13.6. The van der Waals surface area contributed by atoms with Crippen molar-refractivity contribution in [3.05, 3.63) is 52.7 Å². The Morgan fingerprint density at radius 2 is 1.92 bits per heavy atom. The van der Waals surface area contributed by atoms with Crippen molar-refractivity contribution in [1.82, 2.24) is 9.80 Å². The first kappa shape index (κ1) is 16.3. The summed E-state index contributed by atoms with van der Waals surface area (Å²) in [7, 11) is 2.00. The molecule has 2 aliphatic heterocycles. The molecule has 0 unspecified atom stereocenters. The molecule has 0 N–H and O–H groups in total. The Labute approximate surface area is 151 Å². The number of piperazine rings is 1. The van der Waals surface area contributed by atoms with Crippen molar-refractivity contribution in [3.8, 4) is 0 Å². The van der Waals surface area contributed by atoms with E-state index in [-0.39, 0.29) is 17.4 Å². The van der Waals surface area contributed by atoms with Crippen molar-refractivity contribution >= 4 is 28.8 Å². The Morgan fingerprint density at radius 1 is 1.12 bits per heavy atom. The molecule has 0 saturated carbocycles. The second kappa shape index (κ2) is 6.28. The maximum absolute atomic E-state index is 12.7. The van der Waals surface area contributed by atoms with E-state index in [4.69, 9.17) is 0 Å². The van der Waals surface area contributed by atoms with Crippen molar-refractivity contribution in [3.63, 3.8) is 0 Å². The third-order valence-corrected chi connectivity index (χ3v) is 6.21. The molecule has 4 rings (SSSR count). The van der Waals surface area contributed by atoms with Crippen LogP contribution in [0, 0.1) is 0 Å². The molecular weight excluding hydrogens is 334 g/mol. The van der Waals surface area contributed by atoms with Crippen LogP contribution in [0.25, 0.3) is 0 Å². The van der Waals surface area contributed by atoms with Crippen molar-refractivity contribution in [2.45, 2.75) is 12.0 Å². The number of anilines is 1. The van der Waals surface area contributed by atoms with Crippen LogP contribution in [0.1, 0.15) is 16.1 Å². The van der Waals surface area contributed by atoms with Gasteiger partial charge in [0.2, 0.25) is 5.91 Å². The highest BCUT2D eigenvalue weighted by molar-refractivity contribution is 7.12. The number of thiophene rings is 1. The first-order chi connectivity index (χ1) is 12.1. The van der Waals surface area contributed by atoms with E-state index < -0.39 is 0 Å². The summed E-state index contributed by atoms with van der Waals surface area (Å²) in [4.78, 5) is 32.0. The molecule has 2 fully saturated rings. The molecule has 0 radical (unpaired) electrons. The zero-order chi connectivity index (χ0) is 17.4. The predicted octanol–water partition coefficient (Wildman–Crippen LogP) is 2.31. The molecule has 1 spiro atoms. The molecule has 25 heavy (non-hydrogen) atoms. The van der Waals surface area contributed by atoms with Gasteiger partial charge in [0.05, 0.1) is 17.0 Å². The maximum atomic E-state index is 12.7. The molecule has 1 aromatic carbocycles. The molecule has 1 aromatic heterocycles. The van der Waals surface area contributed by atoms with E-state index in [1.165, 1.54) is 11.3 Å². The van der Waals surface area contributed by atoms with Gasteiger partial charge in [-0.15, -0.1) is 11.3 Å². The molecule has 2 saturated heterocycles. The van der Waals surface area contributed by atoms with Gasteiger partial charge in [-0.1, -0.05) is 24.3 Å². The third kappa shape index (κ3) is 2.85. The highest BCUT2D eigenvalue weighted by Gasteiger charge is 2.48. The Hall–Kier alpha value is -2.18. The molecule has 130 valence electrons. The van der Waals surface area contributed by atoms with Crippen LogP contribution < -0.4 is 4.90 Å². The summed E-state index contributed by atoms with van der Waals surface area (Å²) in [5.41, 5.74) is 0.763. The number of carbonyl (C=O) groups is 2. The lowest BCUT2D eigenvalue weighted by atomic mass is 9.92. The highest BCUT2D eigenvalue weighted by atomic mass is 32.1. The Kier molecular flexibility index (Phi) is 4.09. The van der Waals surface area contributed by atoms with Crippen LogP contribution in [0.5, 0.6) is 0 Å². The fraction of sp³-hybridized carbons (Fsp3) is 0.368. The standard InChI is InChI=1S/C19H21N3O2S/c1-20-12-17(23)22(15-6-3-2-4-7-15)14-19(20)9-10-21(13-19)18(24)16-8-5-11-25-16/h2-8,11H,9-10,12-14H2,1H3/t19-/m0/s1. The summed E-state index contributed by atoms with van der Waals surface area (Å²) < 4.78 is 0. The Balaban J connectivity index is 1.56. The van der Waals surface area contributed by atoms with Crippen LogP contribution in [0.2, 0.25) is 0 Å². The minimum atomic E-state index is -0.170. The smallest absolute Gasteiger partial charge is 0.263 e. The predicted molar refractivity (Wildman–Crippen MR) is 99.0 cm³/mol. The van der Waals surface area contributed by atoms with Crippen molar-refractivity contribution in [1.29, 1.82) is 0 Å². The third-order valence-electron chi connectivity index (χ3n) is 5.35. The quantitative estimate of drug-likeness (QED) is 0.830. The lowest BCUT2D eigenvalue weighted by Gasteiger charge is -2.46. The fourth-order valence-electron chi connectivity index (χ4n) is 3.83. The number of likely N-dealkylation sites (N-methyl/N-ethyl adjacent to an activating group) is 1. The van der Waals surface area contributed by atoms with Gasteiger partial charge in [-0.2, -0.15) is 0 Å². The zero-order valence-corrected chi connectivity index (χ0v) is 15.0. The number of likely N-dealkylation sites (tertiary alicyclic amines) is 1. The molecule has 0 aliphatic carbocycles. The molecule has 0 bridgehead atoms. The van der Waals surface area contributed by atoms with Gasteiger partial charge in [0.15, 0.2) is 0 Å². The molecular formula is C19H21N3O2S. The molecule has 3 heterocycles. The zero-order valence-electron chi connectivity index (χ0n) is 14.2. The lowest BCUT2D eigenvalue weighted by molar-refractivity contribution is -0.123. The summed E-state index contributed by atoms with van der Waals surface area (Å²) in [6.45, 7) is 2.41. The number of amides is 2. The van der Waals surface area contributed by atoms with Gasteiger partial charge in [-0.25, -0.2) is 0 Å². The van der Waals surface area contributed by atoms with Gasteiger partial charge in [0, 0.05) is 25.3 Å². The van der Waals surface area contributed by atoms with Gasteiger partial charge in [-0.3, -0.25) is 14.5 Å². The number of nitrogens with zero attached hydrogens (tertiary/aromatic N) is 3. The van der Waals surface area contributed by atoms with Gasteiger partial charge in [-0.05, 0) is 37.0 Å². The average Bonchev–Trinajstić information content (AvgIpc) is 3.30. The first-order valence-corrected chi connectivity index (χ1v) is 9.36. The lowest BCUT2D eigenvalue weighted by Crippen LogP contribution is -2.64. The Morgan fingerprint density at radius 3 is 2.64 bits per heavy atom. The molecule has 2 amide bonds. The highest BCUT2D eigenvalue weighted by Crippen LogP contribution is 2.34. The monoisotopic (exact) mass is 355 g/mol. The number of para-hydroxylation sites is 1. The van der Waals surface area contributed by atoms with Crippen LogP contribution in [0.4, 0.5) is 5.69 Å². The van der Waals surface area contributed by atoms with Crippen molar-refractivity contribution in [2.75, 3.05) is 38.1 Å². The van der Waals surface area contributed by atoms with Gasteiger partial charge in [0.25, 0.3) is 5.91 Å². The van der Waals surface area contributed by atoms with Crippen LogP contribution in [0.15, 0.2) is 47.8 Å². The van der Waals surface area contributed by atoms with E-state index in [0.717, 1.165) is 23.5 Å². The normalized spacial score (nSPS) is 24.3. The average molecular weight is 355 g/mol. The topological polar surface area (TPSA) is 43.9 Å². The summed E-state index contributed by atoms with van der Waals surface area (Å²) in [5, 5.41) is 1.93. The maximum Gasteiger partial charge on any atom is 0.263 e. The second-order valence-corrected chi connectivity index (χ2v) is 7.80. The second-order valence-electron chi connectivity index (χ2n) is 6.85. The minimum absolute atomic E-state index is 0.100. The minimum Gasteiger partial charge on any atom is -0.336 e. The fourth-order valence-corrected chi connectivity index (χ4v) is 4.52. The van der Waals surface area contributed by atoms with E-state index in [2.05, 4.69) is 4.90 Å². The SMILES string of the molecule is CN1CC(=O)N(c2ccccc2)C[C@@]12CCN(C(=O)c1cccs1)C2. The number of benzene rings is 1. The molecule has 2 aliphatic rings. The largest absolute Gasteiger partial charge is 0.336 e. The van der Waals surface area contributed by atoms with Crippen molar-refractivity contribution in [2.24, 2.45) is 0 Å². The van der Waals surface area contributed by atoms with E-state index >= 15 is 0 Å². The van der Waals surface area contributed by atoms with E-state index in [1.807, 2.05) is 64.7 Å². The molecule has 1 atom stereocenters. The summed E-state index contributed by atoms with van der Waals surface area (Å²) >= 11 is 1.48. The molecule has 6 heteroatoms. The first-order valence-electron chi connectivity index (χ1n) is 8.48. The van der Waals surface area contributed by atoms with Crippen LogP contribution >= 0.6 is 11.3 Å². The number of rotatable bonds is 2. The Bertz CT molecular complexity index is 777. The van der Waals surface area contributed by atoms with Gasteiger partial charge < -0.3 is 9.80 Å². The van der Waals surface area contributed by atoms with E-state index in [1.54, 1.807) is 0 Å². The van der Waals surface area contributed by atoms with Crippen LogP contribution in [-0.4, -0.2) is 60.4 Å². The number of carbonyl (C=O) groups excluding carboxylic acids is 2. The van der Waals surface area contributed by atoms with E-state index in [0.29, 0.717) is 19.6 Å². The van der Waals surface area contributed by atoms with Crippen molar-refractivity contribution < 1.29 is 9.59 Å². The summed E-state index contributed by atoms with van der Waals surface area (Å²) in [5.74, 6) is 0.214. The van der Waals surface area contributed by atoms with Crippen LogP contribution in [0.3, 0.4) is 0 Å². The van der Waals surface area contributed by atoms with Gasteiger partial charge in [0.1, 0.15) is 0 Å². The number of hydrogen-bond donors (Lipinski definition) is 0. The summed E-state index contributed by atoms with van der Waals surface area (Å²) in [6.07, 6.45) is 0.886. The van der Waals surface area contributed by atoms with Crippen LogP contribution in [-0.2, 0) is 4.79 Å².